The molecule has 2 aromatic carbocycles. The van der Waals surface area contributed by atoms with Gasteiger partial charge in [0.15, 0.2) is 5.78 Å². The van der Waals surface area contributed by atoms with E-state index in [0.29, 0.717) is 35.4 Å². The number of carbonyl (C=O) groups is 2. The van der Waals surface area contributed by atoms with Crippen molar-refractivity contribution in [1.29, 1.82) is 0 Å². The van der Waals surface area contributed by atoms with Crippen LogP contribution in [0.3, 0.4) is 0 Å². The Morgan fingerprint density at radius 2 is 1.89 bits per heavy atom. The van der Waals surface area contributed by atoms with Crippen molar-refractivity contribution >= 4 is 29.0 Å². The topological polar surface area (TPSA) is 108 Å². The van der Waals surface area contributed by atoms with Crippen LogP contribution in [0.5, 0.6) is 5.75 Å². The smallest absolute Gasteiger partial charge is 0.336 e. The van der Waals surface area contributed by atoms with Crippen LogP contribution in [-0.2, 0) is 14.3 Å². The Hall–Kier alpha value is -3.65. The summed E-state index contributed by atoms with van der Waals surface area (Å²) >= 11 is 6.05. The van der Waals surface area contributed by atoms with Crippen LogP contribution < -0.4 is 10.1 Å². The van der Waals surface area contributed by atoms with Gasteiger partial charge in [-0.2, -0.15) is 0 Å². The number of ether oxygens (including phenoxy) is 2. The fourth-order valence-corrected chi connectivity index (χ4v) is 4.96. The second-order valence-electron chi connectivity index (χ2n) is 9.70. The van der Waals surface area contributed by atoms with Crippen molar-refractivity contribution in [3.05, 3.63) is 91.8 Å². The van der Waals surface area contributed by atoms with E-state index in [9.17, 15) is 19.7 Å². The maximum Gasteiger partial charge on any atom is 0.336 e. The Balaban J connectivity index is 1.67. The second-order valence-corrected chi connectivity index (χ2v) is 10.1. The van der Waals surface area contributed by atoms with Gasteiger partial charge in [-0.15, -0.1) is 0 Å². The highest BCUT2D eigenvalue weighted by Crippen LogP contribution is 2.47. The number of esters is 1. The number of hydrogen-bond acceptors (Lipinski definition) is 7. The number of benzene rings is 2. The van der Waals surface area contributed by atoms with Crippen molar-refractivity contribution < 1.29 is 24.0 Å². The molecule has 1 aliphatic heterocycles. The summed E-state index contributed by atoms with van der Waals surface area (Å²) in [6.07, 6.45) is 0.900. The van der Waals surface area contributed by atoms with E-state index >= 15 is 0 Å². The Morgan fingerprint density at radius 1 is 1.17 bits per heavy atom. The number of nitrogens with zero attached hydrogens (tertiary/aromatic N) is 1. The van der Waals surface area contributed by atoms with Crippen molar-refractivity contribution in [2.75, 3.05) is 13.2 Å². The molecule has 8 nitrogen and oxygen atoms in total. The summed E-state index contributed by atoms with van der Waals surface area (Å²) < 4.78 is 11.1. The zero-order valence-corrected chi connectivity index (χ0v) is 21.1. The lowest BCUT2D eigenvalue weighted by Crippen LogP contribution is -2.38. The molecule has 2 aromatic rings. The number of ketones is 1. The molecule has 1 heterocycles. The standard InChI is InChI=1S/C27H27ClN2O6/c1-16-23(26(32)36-12-11-35-18-7-5-4-6-8-18)24(17-9-10-19(28)21(13-17)30(33)34)25-20(29-16)14-27(2,3)15-22(25)31/h4-10,13,24,29H,11-12,14-15H2,1-3H3/t24-/m1/s1. The Labute approximate surface area is 214 Å². The molecule has 0 amide bonds. The molecular weight excluding hydrogens is 484 g/mol. The van der Waals surface area contributed by atoms with Crippen LogP contribution in [0.15, 0.2) is 71.1 Å². The SMILES string of the molecule is CC1=C(C(=O)OCCOc2ccccc2)[C@@H](c2ccc(Cl)c([N+](=O)[O-])c2)C2=C(CC(C)(C)CC2=O)N1. The summed E-state index contributed by atoms with van der Waals surface area (Å²) in [6, 6.07) is 13.5. The van der Waals surface area contributed by atoms with Crippen LogP contribution in [-0.4, -0.2) is 29.9 Å². The van der Waals surface area contributed by atoms with Gasteiger partial charge >= 0.3 is 5.97 Å². The molecule has 0 unspecified atom stereocenters. The lowest BCUT2D eigenvalue weighted by atomic mass is 9.68. The third-order valence-electron chi connectivity index (χ3n) is 6.29. The van der Waals surface area contributed by atoms with Gasteiger partial charge in [-0.1, -0.05) is 49.7 Å². The van der Waals surface area contributed by atoms with Crippen molar-refractivity contribution in [3.63, 3.8) is 0 Å². The molecule has 1 aliphatic carbocycles. The summed E-state index contributed by atoms with van der Waals surface area (Å²) in [4.78, 5) is 37.7. The molecule has 9 heteroatoms. The second kappa shape index (κ2) is 10.1. The average Bonchev–Trinajstić information content (AvgIpc) is 2.81. The highest BCUT2D eigenvalue weighted by molar-refractivity contribution is 6.32. The zero-order valence-electron chi connectivity index (χ0n) is 20.3. The number of carbonyl (C=O) groups excluding carboxylic acids is 2. The summed E-state index contributed by atoms with van der Waals surface area (Å²) in [5, 5.41) is 14.8. The number of nitro groups is 1. The third kappa shape index (κ3) is 5.28. The number of nitrogens with one attached hydrogen (secondary N) is 1. The van der Waals surface area contributed by atoms with Crippen molar-refractivity contribution in [2.24, 2.45) is 5.41 Å². The summed E-state index contributed by atoms with van der Waals surface area (Å²) in [7, 11) is 0. The predicted octanol–water partition coefficient (Wildman–Crippen LogP) is 5.47. The van der Waals surface area contributed by atoms with Gasteiger partial charge in [0, 0.05) is 35.4 Å². The maximum absolute atomic E-state index is 13.4. The van der Waals surface area contributed by atoms with Gasteiger partial charge < -0.3 is 14.8 Å². The van der Waals surface area contributed by atoms with Crippen molar-refractivity contribution in [2.45, 2.75) is 39.5 Å². The highest BCUT2D eigenvalue weighted by Gasteiger charge is 2.43. The quantitative estimate of drug-likeness (QED) is 0.227. The minimum absolute atomic E-state index is 0.00905. The molecule has 0 saturated heterocycles. The van der Waals surface area contributed by atoms with Crippen LogP contribution in [0.4, 0.5) is 5.69 Å². The Kier molecular flexibility index (Phi) is 7.17. The number of rotatable bonds is 7. The number of para-hydroxylation sites is 1. The Bertz CT molecular complexity index is 1280. The summed E-state index contributed by atoms with van der Waals surface area (Å²) in [5.74, 6) is -0.895. The fraction of sp³-hybridized carbons (Fsp3) is 0.333. The van der Waals surface area contributed by atoms with E-state index < -0.39 is 16.8 Å². The molecule has 0 spiro atoms. The molecule has 188 valence electrons. The van der Waals surface area contributed by atoms with E-state index in [4.69, 9.17) is 21.1 Å². The number of allylic oxidation sites excluding steroid dienone is 3. The molecular formula is C27H27ClN2O6. The first kappa shape index (κ1) is 25.4. The van der Waals surface area contributed by atoms with E-state index in [1.54, 1.807) is 25.1 Å². The van der Waals surface area contributed by atoms with Crippen LogP contribution in [0, 0.1) is 15.5 Å². The van der Waals surface area contributed by atoms with Gasteiger partial charge in [-0.3, -0.25) is 14.9 Å². The molecule has 0 radical (unpaired) electrons. The highest BCUT2D eigenvalue weighted by atomic mass is 35.5. The molecule has 2 aliphatic rings. The monoisotopic (exact) mass is 510 g/mol. The minimum atomic E-state index is -0.816. The molecule has 1 N–H and O–H groups in total. The molecule has 0 aromatic heterocycles. The number of nitro benzene ring substituents is 1. The van der Waals surface area contributed by atoms with Gasteiger partial charge in [0.1, 0.15) is 24.0 Å². The van der Waals surface area contributed by atoms with Gasteiger partial charge in [-0.25, -0.2) is 4.79 Å². The average molecular weight is 511 g/mol. The molecule has 0 bridgehead atoms. The van der Waals surface area contributed by atoms with Gasteiger partial charge in [0.2, 0.25) is 0 Å². The molecule has 36 heavy (non-hydrogen) atoms. The van der Waals surface area contributed by atoms with Crippen LogP contribution in [0.25, 0.3) is 0 Å². The molecule has 4 rings (SSSR count). The van der Waals surface area contributed by atoms with E-state index in [0.717, 1.165) is 5.70 Å². The summed E-state index contributed by atoms with van der Waals surface area (Å²) in [5.41, 5.74) is 1.81. The number of Topliss-reactive ketones (excluding diaryl/α,β-unsaturated/α-hetero) is 1. The van der Waals surface area contributed by atoms with E-state index in [1.807, 2.05) is 32.0 Å². The van der Waals surface area contributed by atoms with Crippen molar-refractivity contribution in [1.82, 2.24) is 5.32 Å². The molecule has 0 saturated carbocycles. The van der Waals surface area contributed by atoms with Crippen LogP contribution >= 0.6 is 11.6 Å². The Morgan fingerprint density at radius 3 is 2.58 bits per heavy atom. The number of halogens is 1. The number of hydrogen-bond donors (Lipinski definition) is 1. The largest absolute Gasteiger partial charge is 0.490 e. The first-order chi connectivity index (χ1) is 17.1. The lowest BCUT2D eigenvalue weighted by Gasteiger charge is -2.39. The van der Waals surface area contributed by atoms with Gasteiger partial charge in [0.05, 0.1) is 10.5 Å². The molecule has 0 fully saturated rings. The predicted molar refractivity (Wildman–Crippen MR) is 135 cm³/mol. The third-order valence-corrected chi connectivity index (χ3v) is 6.61. The normalized spacial score (nSPS) is 18.9. The first-order valence-corrected chi connectivity index (χ1v) is 12.0. The molecule has 1 atom stereocenters. The van der Waals surface area contributed by atoms with E-state index in [2.05, 4.69) is 5.32 Å². The fourth-order valence-electron chi connectivity index (χ4n) is 4.78. The first-order valence-electron chi connectivity index (χ1n) is 11.6. The van der Waals surface area contributed by atoms with Gasteiger partial charge in [0.25, 0.3) is 5.69 Å². The maximum atomic E-state index is 13.4. The van der Waals surface area contributed by atoms with E-state index in [-0.39, 0.29) is 40.7 Å². The lowest BCUT2D eigenvalue weighted by molar-refractivity contribution is -0.384. The van der Waals surface area contributed by atoms with Crippen LogP contribution in [0.1, 0.15) is 45.1 Å². The zero-order chi connectivity index (χ0) is 26.0. The van der Waals surface area contributed by atoms with Gasteiger partial charge in [-0.05, 0) is 42.5 Å². The minimum Gasteiger partial charge on any atom is -0.490 e. The van der Waals surface area contributed by atoms with Crippen molar-refractivity contribution in [3.8, 4) is 5.75 Å². The summed E-state index contributed by atoms with van der Waals surface area (Å²) in [6.45, 7) is 5.89. The number of dihydropyridines is 1. The van der Waals surface area contributed by atoms with E-state index in [1.165, 1.54) is 12.1 Å². The van der Waals surface area contributed by atoms with Crippen LogP contribution in [0.2, 0.25) is 5.02 Å².